The lowest BCUT2D eigenvalue weighted by atomic mass is 9.72. The average Bonchev–Trinajstić information content (AvgIpc) is 1.85. The van der Waals surface area contributed by atoms with Gasteiger partial charge in [0.05, 0.1) is 0 Å². The molecule has 0 aromatic heterocycles. The van der Waals surface area contributed by atoms with Gasteiger partial charge in [-0.15, -0.1) is 0 Å². The Hall–Kier alpha value is 0. The van der Waals surface area contributed by atoms with Crippen molar-refractivity contribution in [2.45, 2.75) is 48.5 Å². The molecule has 0 spiro atoms. The molecular weight excluding hydrogens is 144 g/mol. The van der Waals surface area contributed by atoms with Gasteiger partial charge in [-0.3, -0.25) is 0 Å². The van der Waals surface area contributed by atoms with Gasteiger partial charge in [0, 0.05) is 0 Å². The molecule has 12 heavy (non-hydrogen) atoms. The van der Waals surface area contributed by atoms with Crippen LogP contribution in [-0.2, 0) is 0 Å². The van der Waals surface area contributed by atoms with Crippen molar-refractivity contribution in [1.29, 1.82) is 0 Å². The van der Waals surface area contributed by atoms with Crippen LogP contribution in [0.4, 0.5) is 0 Å². The van der Waals surface area contributed by atoms with Gasteiger partial charge in [-0.2, -0.15) is 0 Å². The van der Waals surface area contributed by atoms with Gasteiger partial charge in [0.15, 0.2) is 0 Å². The van der Waals surface area contributed by atoms with Gasteiger partial charge in [0.1, 0.15) is 0 Å². The van der Waals surface area contributed by atoms with Gasteiger partial charge < -0.3 is 0 Å². The summed E-state index contributed by atoms with van der Waals surface area (Å²) in [5, 5.41) is 0. The highest BCUT2D eigenvalue weighted by molar-refractivity contribution is 4.74. The highest BCUT2D eigenvalue weighted by Gasteiger charge is 2.25. The van der Waals surface area contributed by atoms with Gasteiger partial charge in [-0.05, 0) is 29.6 Å². The molecule has 0 nitrogen and oxygen atoms in total. The van der Waals surface area contributed by atoms with Crippen LogP contribution in [0.5, 0.6) is 0 Å². The van der Waals surface area contributed by atoms with Crippen LogP contribution in [0.2, 0.25) is 0 Å². The fourth-order valence-corrected chi connectivity index (χ4v) is 2.43. The third kappa shape index (κ3) is 3.16. The minimum absolute atomic E-state index is 0.819. The molecule has 0 rings (SSSR count). The standard InChI is InChI=1S/C12H26/c1-8(2)11(7)12(9(3)4)10(5)6/h8-12H,1-7H3. The van der Waals surface area contributed by atoms with Crippen molar-refractivity contribution in [1.82, 2.24) is 0 Å². The molecule has 0 heteroatoms. The Morgan fingerprint density at radius 2 is 0.833 bits per heavy atom. The van der Waals surface area contributed by atoms with E-state index in [1.807, 2.05) is 0 Å². The van der Waals surface area contributed by atoms with E-state index in [1.165, 1.54) is 0 Å². The van der Waals surface area contributed by atoms with Crippen LogP contribution < -0.4 is 0 Å². The van der Waals surface area contributed by atoms with E-state index in [4.69, 9.17) is 0 Å². The molecule has 0 radical (unpaired) electrons. The van der Waals surface area contributed by atoms with Crippen LogP contribution in [0.15, 0.2) is 0 Å². The highest BCUT2D eigenvalue weighted by atomic mass is 14.3. The number of hydrogen-bond donors (Lipinski definition) is 0. The number of rotatable bonds is 4. The van der Waals surface area contributed by atoms with E-state index in [2.05, 4.69) is 48.5 Å². The smallest absolute Gasteiger partial charge is 0.0340 e. The van der Waals surface area contributed by atoms with Crippen LogP contribution in [0.25, 0.3) is 0 Å². The summed E-state index contributed by atoms with van der Waals surface area (Å²) in [6.07, 6.45) is 0. The molecule has 0 N–H and O–H groups in total. The maximum Gasteiger partial charge on any atom is -0.0340 e. The molecule has 1 atom stereocenters. The predicted octanol–water partition coefficient (Wildman–Crippen LogP) is 4.21. The van der Waals surface area contributed by atoms with Gasteiger partial charge >= 0.3 is 0 Å². The zero-order chi connectivity index (χ0) is 9.89. The van der Waals surface area contributed by atoms with E-state index in [0.717, 1.165) is 29.6 Å². The van der Waals surface area contributed by atoms with Gasteiger partial charge in [0.25, 0.3) is 0 Å². The van der Waals surface area contributed by atoms with E-state index in [9.17, 15) is 0 Å². The Balaban J connectivity index is 4.30. The van der Waals surface area contributed by atoms with E-state index in [1.54, 1.807) is 0 Å². The second-order valence-electron chi connectivity index (χ2n) is 5.17. The Bertz CT molecular complexity index is 103. The molecule has 0 aliphatic rings. The summed E-state index contributed by atoms with van der Waals surface area (Å²) < 4.78 is 0. The lowest BCUT2D eigenvalue weighted by Crippen LogP contribution is -2.26. The third-order valence-corrected chi connectivity index (χ3v) is 3.20. The molecule has 0 aliphatic heterocycles. The molecule has 0 saturated carbocycles. The predicted molar refractivity (Wildman–Crippen MR) is 57.2 cm³/mol. The van der Waals surface area contributed by atoms with E-state index >= 15 is 0 Å². The summed E-state index contributed by atoms with van der Waals surface area (Å²) in [5.41, 5.74) is 0. The van der Waals surface area contributed by atoms with Gasteiger partial charge in [-0.25, -0.2) is 0 Å². The topological polar surface area (TPSA) is 0 Å². The van der Waals surface area contributed by atoms with Crippen LogP contribution >= 0.6 is 0 Å². The first-order valence-electron chi connectivity index (χ1n) is 5.37. The second kappa shape index (κ2) is 4.89. The van der Waals surface area contributed by atoms with Gasteiger partial charge in [-0.1, -0.05) is 48.5 Å². The van der Waals surface area contributed by atoms with Crippen LogP contribution in [-0.4, -0.2) is 0 Å². The summed E-state index contributed by atoms with van der Waals surface area (Å²) in [4.78, 5) is 0. The third-order valence-electron chi connectivity index (χ3n) is 3.20. The maximum atomic E-state index is 2.40. The minimum Gasteiger partial charge on any atom is -0.0625 e. The first kappa shape index (κ1) is 12.0. The summed E-state index contributed by atoms with van der Waals surface area (Å²) in [5.74, 6) is 4.19. The van der Waals surface area contributed by atoms with Crippen molar-refractivity contribution in [3.63, 3.8) is 0 Å². The molecule has 0 amide bonds. The molecule has 0 bridgehead atoms. The van der Waals surface area contributed by atoms with Crippen molar-refractivity contribution in [3.8, 4) is 0 Å². The summed E-state index contributed by atoms with van der Waals surface area (Å²) in [7, 11) is 0. The molecule has 0 saturated heterocycles. The lowest BCUT2D eigenvalue weighted by Gasteiger charge is -2.33. The van der Waals surface area contributed by atoms with Crippen LogP contribution in [0.1, 0.15) is 48.5 Å². The molecular formula is C12H26. The molecule has 0 fully saturated rings. The Morgan fingerprint density at radius 1 is 0.500 bits per heavy atom. The largest absolute Gasteiger partial charge is 0.0625 e. The Morgan fingerprint density at radius 3 is 0.917 bits per heavy atom. The van der Waals surface area contributed by atoms with Crippen molar-refractivity contribution in [2.75, 3.05) is 0 Å². The van der Waals surface area contributed by atoms with Crippen LogP contribution in [0, 0.1) is 29.6 Å². The van der Waals surface area contributed by atoms with Crippen molar-refractivity contribution >= 4 is 0 Å². The fourth-order valence-electron chi connectivity index (χ4n) is 2.43. The van der Waals surface area contributed by atoms with Gasteiger partial charge in [0.2, 0.25) is 0 Å². The monoisotopic (exact) mass is 170 g/mol. The first-order chi connectivity index (χ1) is 5.37. The lowest BCUT2D eigenvalue weighted by molar-refractivity contribution is 0.158. The minimum atomic E-state index is 0.819. The average molecular weight is 170 g/mol. The highest BCUT2D eigenvalue weighted by Crippen LogP contribution is 2.32. The van der Waals surface area contributed by atoms with Crippen molar-refractivity contribution < 1.29 is 0 Å². The summed E-state index contributed by atoms with van der Waals surface area (Å²) in [6, 6.07) is 0. The van der Waals surface area contributed by atoms with Crippen molar-refractivity contribution in [3.05, 3.63) is 0 Å². The van der Waals surface area contributed by atoms with E-state index in [0.29, 0.717) is 0 Å². The quantitative estimate of drug-likeness (QED) is 0.593. The second-order valence-corrected chi connectivity index (χ2v) is 5.17. The molecule has 0 heterocycles. The summed E-state index contributed by atoms with van der Waals surface area (Å²) in [6.45, 7) is 16.5. The summed E-state index contributed by atoms with van der Waals surface area (Å²) >= 11 is 0. The Kier molecular flexibility index (Phi) is 4.89. The zero-order valence-corrected chi connectivity index (χ0v) is 9.89. The molecule has 1 unspecified atom stereocenters. The zero-order valence-electron chi connectivity index (χ0n) is 9.89. The first-order valence-corrected chi connectivity index (χ1v) is 5.37. The normalized spacial score (nSPS) is 15.2. The number of hydrogen-bond acceptors (Lipinski definition) is 0. The molecule has 74 valence electrons. The molecule has 0 aliphatic carbocycles. The maximum absolute atomic E-state index is 2.40. The van der Waals surface area contributed by atoms with E-state index < -0.39 is 0 Å². The Labute approximate surface area is 78.8 Å². The van der Waals surface area contributed by atoms with E-state index in [-0.39, 0.29) is 0 Å². The fraction of sp³-hybridized carbons (Fsp3) is 1.00. The van der Waals surface area contributed by atoms with Crippen LogP contribution in [0.3, 0.4) is 0 Å². The van der Waals surface area contributed by atoms with Crippen molar-refractivity contribution in [2.24, 2.45) is 29.6 Å². The molecule has 0 aromatic carbocycles. The SMILES string of the molecule is CC(C)C(C)C(C(C)C)C(C)C. The molecule has 0 aromatic rings.